The van der Waals surface area contributed by atoms with Gasteiger partial charge in [0.05, 0.1) is 25.9 Å². The van der Waals surface area contributed by atoms with Crippen molar-refractivity contribution in [3.8, 4) is 0 Å². The number of halogens is 1. The van der Waals surface area contributed by atoms with Gasteiger partial charge in [0.25, 0.3) is 0 Å². The van der Waals surface area contributed by atoms with E-state index in [4.69, 9.17) is 39.0 Å². The van der Waals surface area contributed by atoms with E-state index in [1.807, 2.05) is 0 Å². The Hall–Kier alpha value is -2.49. The summed E-state index contributed by atoms with van der Waals surface area (Å²) in [6.45, 7) is -9.91. The lowest BCUT2D eigenvalue weighted by molar-refractivity contribution is -0.0568. The highest BCUT2D eigenvalue weighted by Crippen LogP contribution is 2.60. The van der Waals surface area contributed by atoms with Gasteiger partial charge in [-0.3, -0.25) is 27.2 Å². The van der Waals surface area contributed by atoms with Crippen LogP contribution in [0.1, 0.15) is 12.5 Å². The number of fused-ring (bicyclic) bond motifs is 5. The molecule has 0 radical (unpaired) electrons. The van der Waals surface area contributed by atoms with Gasteiger partial charge >= 0.3 is 13.6 Å². The fourth-order valence-electron chi connectivity index (χ4n) is 5.19. The van der Waals surface area contributed by atoms with Crippen LogP contribution in [0.5, 0.6) is 0 Å². The number of hydrogen-bond donors (Lipinski definition) is 5. The molecule has 3 saturated heterocycles. The van der Waals surface area contributed by atoms with Gasteiger partial charge in [-0.1, -0.05) is 24.5 Å². The standard InChI is InChI=1S/C20H23FN10O9P2S2/c21-9-13-8(38-19(9)30-5-28-10-15(22)24-3-26-17(10)30)2-36-42(34,44)40-14-12(32)7(1-35-41(33,43)39-13)37-20(14)31-6-29-11-16(23)25-4-27-18(11)31/h3-9,12-14,19-20,32H,1-2H2,(H,33,43)(H,34,44)(H2,22,24,26)(H2,23,25,27)/t7?,8-,9-,12-,13-,14-,19-,20-,41-,42+/m1/s1. The van der Waals surface area contributed by atoms with Gasteiger partial charge in [-0.15, -0.1) is 0 Å². The van der Waals surface area contributed by atoms with E-state index >= 15 is 4.39 Å². The van der Waals surface area contributed by atoms with Crippen molar-refractivity contribution in [3.63, 3.8) is 0 Å². The highest BCUT2D eigenvalue weighted by Gasteiger charge is 2.54. The molecule has 44 heavy (non-hydrogen) atoms. The van der Waals surface area contributed by atoms with E-state index in [1.54, 1.807) is 0 Å². The zero-order chi connectivity index (χ0) is 31.0. The topological polar surface area (TPSA) is 249 Å². The van der Waals surface area contributed by atoms with Gasteiger partial charge in [-0.05, 0) is 0 Å². The van der Waals surface area contributed by atoms with E-state index in [0.29, 0.717) is 0 Å². The van der Waals surface area contributed by atoms with Crippen LogP contribution in [0.15, 0.2) is 25.3 Å². The van der Waals surface area contributed by atoms with Crippen molar-refractivity contribution in [1.82, 2.24) is 39.0 Å². The number of ether oxygens (including phenoxy) is 2. The van der Waals surface area contributed by atoms with Gasteiger partial charge < -0.3 is 26.0 Å². The summed E-state index contributed by atoms with van der Waals surface area (Å²) in [5, 5.41) is 11.1. The number of aromatic nitrogens is 8. The average molecular weight is 693 g/mol. The average Bonchev–Trinajstić information content (AvgIpc) is 3.73. The number of hydrogen-bond acceptors (Lipinski definition) is 17. The largest absolute Gasteiger partial charge is 0.387 e. The Balaban J connectivity index is 1.20. The summed E-state index contributed by atoms with van der Waals surface area (Å²) in [6.07, 6.45) is -6.89. The molecule has 0 saturated carbocycles. The molecule has 0 aliphatic carbocycles. The van der Waals surface area contributed by atoms with Crippen LogP contribution in [0.25, 0.3) is 22.3 Å². The predicted octanol–water partition coefficient (Wildman–Crippen LogP) is 1.22. The lowest BCUT2D eigenvalue weighted by Crippen LogP contribution is -2.35. The summed E-state index contributed by atoms with van der Waals surface area (Å²) in [6, 6.07) is 0. The molecule has 236 valence electrons. The van der Waals surface area contributed by atoms with E-state index in [0.717, 1.165) is 0 Å². The van der Waals surface area contributed by atoms with Gasteiger partial charge in [0, 0.05) is 0 Å². The second kappa shape index (κ2) is 11.1. The minimum Gasteiger partial charge on any atom is -0.387 e. The molecule has 24 heteroatoms. The summed E-state index contributed by atoms with van der Waals surface area (Å²) in [4.78, 5) is 24.3. The van der Waals surface area contributed by atoms with Crippen LogP contribution >= 0.6 is 38.1 Å². The highest BCUT2D eigenvalue weighted by molar-refractivity contribution is 8.44. The second-order valence-electron chi connectivity index (χ2n) is 9.90. The highest BCUT2D eigenvalue weighted by atomic mass is 32.7. The molecule has 4 aromatic rings. The third-order valence-corrected chi connectivity index (χ3v) is 10.4. The monoisotopic (exact) mass is 692 g/mol. The molecule has 7 rings (SSSR count). The lowest BCUT2D eigenvalue weighted by atomic mass is 10.1. The smallest absolute Gasteiger partial charge is 0.386 e. The van der Waals surface area contributed by atoms with E-state index < -0.39 is 76.0 Å². The van der Waals surface area contributed by atoms with Gasteiger partial charge in [0.1, 0.15) is 54.2 Å². The maximum Gasteiger partial charge on any atom is 0.386 e. The Morgan fingerprint density at radius 1 is 0.795 bits per heavy atom. The predicted molar refractivity (Wildman–Crippen MR) is 153 cm³/mol. The summed E-state index contributed by atoms with van der Waals surface area (Å²) < 4.78 is 79.4. The van der Waals surface area contributed by atoms with Gasteiger partial charge in [0.15, 0.2) is 41.6 Å². The van der Waals surface area contributed by atoms with Crippen molar-refractivity contribution >= 4 is 72.1 Å². The molecule has 3 aliphatic heterocycles. The molecule has 0 aromatic carbocycles. The van der Waals surface area contributed by atoms with Crippen molar-refractivity contribution in [2.24, 2.45) is 0 Å². The van der Waals surface area contributed by atoms with Crippen molar-refractivity contribution in [1.29, 1.82) is 0 Å². The Morgan fingerprint density at radius 3 is 1.89 bits per heavy atom. The molecule has 7 heterocycles. The number of thiol groups is 2. The van der Waals surface area contributed by atoms with Crippen molar-refractivity contribution in [2.75, 3.05) is 24.7 Å². The zero-order valence-corrected chi connectivity index (χ0v) is 25.5. The maximum absolute atomic E-state index is 16.0. The number of nitrogens with zero attached hydrogens (tertiary/aromatic N) is 8. The molecule has 19 nitrogen and oxygen atoms in total. The first-order chi connectivity index (χ1) is 20.9. The Morgan fingerprint density at radius 2 is 1.30 bits per heavy atom. The first kappa shape index (κ1) is 30.2. The number of rotatable bonds is 2. The van der Waals surface area contributed by atoms with Crippen molar-refractivity contribution in [3.05, 3.63) is 25.3 Å². The first-order valence-corrected chi connectivity index (χ1v) is 18.1. The molecule has 3 aliphatic rings. The van der Waals surface area contributed by atoms with E-state index in [9.17, 15) is 14.2 Å². The Kier molecular flexibility index (Phi) is 7.61. The fraction of sp³-hybridized carbons (Fsp3) is 0.500. The van der Waals surface area contributed by atoms with E-state index in [-0.39, 0.29) is 34.0 Å². The number of imidazole rings is 2. The van der Waals surface area contributed by atoms with Crippen LogP contribution in [0, 0.1) is 0 Å². The van der Waals surface area contributed by atoms with Gasteiger partial charge in [-0.2, -0.15) is 0 Å². The van der Waals surface area contributed by atoms with Gasteiger partial charge in [-0.25, -0.2) is 43.4 Å². The third kappa shape index (κ3) is 5.26. The van der Waals surface area contributed by atoms with Crippen LogP contribution < -0.4 is 11.5 Å². The molecule has 5 N–H and O–H groups in total. The molecular weight excluding hydrogens is 669 g/mol. The van der Waals surface area contributed by atoms with E-state index in [1.165, 1.54) is 34.4 Å². The second-order valence-corrected chi connectivity index (χ2v) is 15.7. The molecule has 1 unspecified atom stereocenters. The van der Waals surface area contributed by atoms with Crippen LogP contribution in [0.4, 0.5) is 16.0 Å². The molecule has 0 amide bonds. The fourth-order valence-corrected chi connectivity index (χ4v) is 8.13. The van der Waals surface area contributed by atoms with Crippen LogP contribution in [-0.2, 0) is 36.7 Å². The van der Waals surface area contributed by atoms with Crippen molar-refractivity contribution in [2.45, 2.75) is 49.1 Å². The summed E-state index contributed by atoms with van der Waals surface area (Å²) in [5.74, 6) is 0.140. The van der Waals surface area contributed by atoms with Crippen molar-refractivity contribution < 1.29 is 46.2 Å². The van der Waals surface area contributed by atoms with Crippen LogP contribution in [0.3, 0.4) is 0 Å². The lowest BCUT2D eigenvalue weighted by Gasteiger charge is -2.26. The summed E-state index contributed by atoms with van der Waals surface area (Å²) in [7, 11) is 0. The summed E-state index contributed by atoms with van der Waals surface area (Å²) in [5.41, 5.74) is 12.5. The number of alkyl halides is 1. The Bertz CT molecular complexity index is 1840. The summed E-state index contributed by atoms with van der Waals surface area (Å²) >= 11 is 8.08. The Labute approximate surface area is 256 Å². The molecule has 10 atom stereocenters. The quantitative estimate of drug-likeness (QED) is 0.146. The zero-order valence-electron chi connectivity index (χ0n) is 22.0. The number of anilines is 2. The maximum atomic E-state index is 16.0. The van der Waals surface area contributed by atoms with Gasteiger partial charge in [0.2, 0.25) is 0 Å². The molecular formula is C20H23FN10O9P2S2. The van der Waals surface area contributed by atoms with E-state index in [2.05, 4.69) is 54.4 Å². The minimum atomic E-state index is -4.36. The normalized spacial score (nSPS) is 38.3. The molecule has 4 aromatic heterocycles. The molecule has 0 spiro atoms. The first-order valence-electron chi connectivity index (χ1n) is 12.7. The number of aliphatic hydroxyl groups excluding tert-OH is 1. The molecule has 3 fully saturated rings. The van der Waals surface area contributed by atoms with Crippen LogP contribution in [0.2, 0.25) is 0 Å². The SMILES string of the molecule is Nc1ncnc2c1ncn2[C@@H]1O[C@@H]2CO[P@](=O)(S)O[C@@H]3[C@H](O)C(CO[P@@](=O)(S)O[C@H]2[C@H]1F)O[C@H]3n1cnc2c(N)ncnc21. The number of nitrogen functional groups attached to an aromatic ring is 2. The number of nitrogens with two attached hydrogens (primary N) is 2. The number of aliphatic hydroxyl groups is 1. The third-order valence-electron chi connectivity index (χ3n) is 7.22. The minimum absolute atomic E-state index is 0.0580. The van der Waals surface area contributed by atoms with Crippen LogP contribution in [-0.4, -0.2) is 94.0 Å². The molecule has 2 bridgehead atoms.